The number of carbonyl (C=O) groups is 1. The molecule has 1 aromatic carbocycles. The minimum absolute atomic E-state index is 0.207. The van der Waals surface area contributed by atoms with Crippen LogP contribution in [0.1, 0.15) is 44.6 Å². The lowest BCUT2D eigenvalue weighted by Gasteiger charge is -2.16. The molecule has 2 rings (SSSR count). The smallest absolute Gasteiger partial charge is 0.322 e. The van der Waals surface area contributed by atoms with Crippen molar-refractivity contribution < 1.29 is 14.3 Å². The summed E-state index contributed by atoms with van der Waals surface area (Å²) in [5.41, 5.74) is 1.26. The van der Waals surface area contributed by atoms with Crippen LogP contribution in [0.15, 0.2) is 24.3 Å². The number of nitrogens with one attached hydrogen (secondary N) is 1. The highest BCUT2D eigenvalue weighted by molar-refractivity contribution is 5.75. The number of rotatable bonds is 8. The molecule has 0 heterocycles. The van der Waals surface area contributed by atoms with E-state index >= 15 is 0 Å². The molecule has 1 atom stereocenters. The zero-order valence-electron chi connectivity index (χ0n) is 13.1. The van der Waals surface area contributed by atoms with Crippen molar-refractivity contribution in [3.05, 3.63) is 29.8 Å². The zero-order valence-corrected chi connectivity index (χ0v) is 13.1. The van der Waals surface area contributed by atoms with E-state index in [1.165, 1.54) is 12.7 Å². The minimum atomic E-state index is -0.268. The van der Waals surface area contributed by atoms with Gasteiger partial charge in [0.25, 0.3) is 0 Å². The normalized spacial score (nSPS) is 15.8. The number of benzene rings is 1. The van der Waals surface area contributed by atoms with Gasteiger partial charge in [0, 0.05) is 12.5 Å². The van der Waals surface area contributed by atoms with Gasteiger partial charge < -0.3 is 14.8 Å². The van der Waals surface area contributed by atoms with Crippen LogP contribution in [0.2, 0.25) is 0 Å². The fourth-order valence-corrected chi connectivity index (χ4v) is 2.20. The summed E-state index contributed by atoms with van der Waals surface area (Å²) in [6.45, 7) is 4.82. The summed E-state index contributed by atoms with van der Waals surface area (Å²) in [6, 6.07) is 8.32. The van der Waals surface area contributed by atoms with Crippen LogP contribution in [0.25, 0.3) is 0 Å². The van der Waals surface area contributed by atoms with E-state index in [1.807, 2.05) is 12.1 Å². The third kappa shape index (κ3) is 5.05. The standard InChI is InChI=1S/C17H25NO3/c1-12(2)13-5-4-6-15(11-13)21-10-9-16(17(19)20-3)18-14-7-8-14/h4-6,11-12,14,16,18H,7-10H2,1-3H3. The molecule has 0 spiro atoms. The molecule has 116 valence electrons. The molecule has 0 radical (unpaired) electrons. The van der Waals surface area contributed by atoms with Crippen molar-refractivity contribution in [2.24, 2.45) is 0 Å². The van der Waals surface area contributed by atoms with Crippen LogP contribution in [0.4, 0.5) is 0 Å². The van der Waals surface area contributed by atoms with E-state index in [0.717, 1.165) is 18.6 Å². The Morgan fingerprint density at radius 1 is 1.38 bits per heavy atom. The average molecular weight is 291 g/mol. The van der Waals surface area contributed by atoms with Crippen molar-refractivity contribution in [1.29, 1.82) is 0 Å². The molecule has 1 saturated carbocycles. The lowest BCUT2D eigenvalue weighted by atomic mass is 10.0. The van der Waals surface area contributed by atoms with Crippen LogP contribution in [-0.2, 0) is 9.53 Å². The van der Waals surface area contributed by atoms with Gasteiger partial charge in [-0.1, -0.05) is 26.0 Å². The first-order valence-corrected chi connectivity index (χ1v) is 7.66. The summed E-state index contributed by atoms with van der Waals surface area (Å²) < 4.78 is 10.6. The van der Waals surface area contributed by atoms with Crippen molar-refractivity contribution in [3.63, 3.8) is 0 Å². The van der Waals surface area contributed by atoms with Gasteiger partial charge in [-0.25, -0.2) is 0 Å². The molecule has 4 heteroatoms. The maximum Gasteiger partial charge on any atom is 0.322 e. The largest absolute Gasteiger partial charge is 0.494 e. The molecule has 1 N–H and O–H groups in total. The highest BCUT2D eigenvalue weighted by Gasteiger charge is 2.28. The minimum Gasteiger partial charge on any atom is -0.494 e. The van der Waals surface area contributed by atoms with Crippen molar-refractivity contribution in [1.82, 2.24) is 5.32 Å². The van der Waals surface area contributed by atoms with Crippen molar-refractivity contribution in [2.45, 2.75) is 51.1 Å². The Bertz CT molecular complexity index is 469. The molecule has 1 aliphatic carbocycles. The lowest BCUT2D eigenvalue weighted by Crippen LogP contribution is -2.40. The van der Waals surface area contributed by atoms with Gasteiger partial charge in [-0.05, 0) is 36.5 Å². The van der Waals surface area contributed by atoms with Crippen LogP contribution < -0.4 is 10.1 Å². The van der Waals surface area contributed by atoms with Crippen LogP contribution in [-0.4, -0.2) is 31.8 Å². The first-order valence-electron chi connectivity index (χ1n) is 7.66. The molecule has 0 amide bonds. The second kappa shape index (κ2) is 7.46. The Morgan fingerprint density at radius 2 is 2.14 bits per heavy atom. The molecule has 0 aromatic heterocycles. The number of hydrogen-bond acceptors (Lipinski definition) is 4. The summed E-state index contributed by atoms with van der Waals surface area (Å²) in [4.78, 5) is 11.7. The number of methoxy groups -OCH3 is 1. The molecular formula is C17H25NO3. The topological polar surface area (TPSA) is 47.6 Å². The molecule has 1 aliphatic rings. The fraction of sp³-hybridized carbons (Fsp3) is 0.588. The van der Waals surface area contributed by atoms with Gasteiger partial charge in [-0.2, -0.15) is 0 Å². The Morgan fingerprint density at radius 3 is 2.76 bits per heavy atom. The average Bonchev–Trinajstić information content (AvgIpc) is 3.29. The number of carbonyl (C=O) groups excluding carboxylic acids is 1. The van der Waals surface area contributed by atoms with E-state index in [1.54, 1.807) is 0 Å². The Hall–Kier alpha value is -1.55. The first kappa shape index (κ1) is 15.8. The first-order chi connectivity index (χ1) is 10.1. The van der Waals surface area contributed by atoms with Gasteiger partial charge in [-0.15, -0.1) is 0 Å². The number of ether oxygens (including phenoxy) is 2. The maximum absolute atomic E-state index is 11.7. The molecule has 0 saturated heterocycles. The Kier molecular flexibility index (Phi) is 5.62. The molecule has 1 aromatic rings. The van der Waals surface area contributed by atoms with Gasteiger partial charge >= 0.3 is 5.97 Å². The van der Waals surface area contributed by atoms with E-state index in [4.69, 9.17) is 9.47 Å². The van der Waals surface area contributed by atoms with E-state index in [0.29, 0.717) is 25.0 Å². The molecule has 21 heavy (non-hydrogen) atoms. The molecule has 1 unspecified atom stereocenters. The number of hydrogen-bond donors (Lipinski definition) is 1. The summed E-state index contributed by atoms with van der Waals surface area (Å²) in [6.07, 6.45) is 2.91. The molecule has 0 bridgehead atoms. The quantitative estimate of drug-likeness (QED) is 0.748. The molecule has 0 aliphatic heterocycles. The molecule has 1 fully saturated rings. The SMILES string of the molecule is COC(=O)C(CCOc1cccc(C(C)C)c1)NC1CC1. The third-order valence-corrected chi connectivity index (χ3v) is 3.70. The van der Waals surface area contributed by atoms with Crippen LogP contribution in [0.3, 0.4) is 0 Å². The van der Waals surface area contributed by atoms with Gasteiger partial charge in [0.05, 0.1) is 13.7 Å². The van der Waals surface area contributed by atoms with Gasteiger partial charge in [0.1, 0.15) is 11.8 Å². The van der Waals surface area contributed by atoms with Gasteiger partial charge in [0.15, 0.2) is 0 Å². The van der Waals surface area contributed by atoms with Crippen LogP contribution in [0, 0.1) is 0 Å². The Labute approximate surface area is 126 Å². The van der Waals surface area contributed by atoms with Crippen LogP contribution in [0.5, 0.6) is 5.75 Å². The number of esters is 1. The summed E-state index contributed by atoms with van der Waals surface area (Å²) in [5, 5.41) is 3.30. The van der Waals surface area contributed by atoms with Crippen molar-refractivity contribution in [2.75, 3.05) is 13.7 Å². The van der Waals surface area contributed by atoms with Gasteiger partial charge in [0.2, 0.25) is 0 Å². The highest BCUT2D eigenvalue weighted by Crippen LogP contribution is 2.22. The predicted molar refractivity (Wildman–Crippen MR) is 82.6 cm³/mol. The summed E-state index contributed by atoms with van der Waals surface area (Å²) >= 11 is 0. The van der Waals surface area contributed by atoms with E-state index < -0.39 is 0 Å². The van der Waals surface area contributed by atoms with E-state index in [9.17, 15) is 4.79 Å². The van der Waals surface area contributed by atoms with E-state index in [-0.39, 0.29) is 12.0 Å². The fourth-order valence-electron chi connectivity index (χ4n) is 2.20. The highest BCUT2D eigenvalue weighted by atomic mass is 16.5. The van der Waals surface area contributed by atoms with Gasteiger partial charge in [-0.3, -0.25) is 4.79 Å². The zero-order chi connectivity index (χ0) is 15.2. The third-order valence-electron chi connectivity index (χ3n) is 3.70. The lowest BCUT2D eigenvalue weighted by molar-refractivity contribution is -0.143. The second-order valence-electron chi connectivity index (χ2n) is 5.88. The summed E-state index contributed by atoms with van der Waals surface area (Å²) in [7, 11) is 1.43. The summed E-state index contributed by atoms with van der Waals surface area (Å²) in [5.74, 6) is 1.13. The van der Waals surface area contributed by atoms with E-state index in [2.05, 4.69) is 31.3 Å². The van der Waals surface area contributed by atoms with Crippen LogP contribution >= 0.6 is 0 Å². The molecular weight excluding hydrogens is 266 g/mol. The maximum atomic E-state index is 11.7. The molecule has 4 nitrogen and oxygen atoms in total. The van der Waals surface area contributed by atoms with Crippen molar-refractivity contribution >= 4 is 5.97 Å². The predicted octanol–water partition coefficient (Wildman–Crippen LogP) is 2.87. The monoisotopic (exact) mass is 291 g/mol. The van der Waals surface area contributed by atoms with Crippen molar-refractivity contribution in [3.8, 4) is 5.75 Å². The second-order valence-corrected chi connectivity index (χ2v) is 5.88. The Balaban J connectivity index is 1.83.